The van der Waals surface area contributed by atoms with Crippen LogP contribution in [0.4, 0.5) is 5.69 Å². The minimum Gasteiger partial charge on any atom is -0.366 e. The molecule has 16 heavy (non-hydrogen) atoms. The van der Waals surface area contributed by atoms with E-state index in [-0.39, 0.29) is 0 Å². The summed E-state index contributed by atoms with van der Waals surface area (Å²) in [4.78, 5) is 2.45. The molecule has 2 nitrogen and oxygen atoms in total. The van der Waals surface area contributed by atoms with Gasteiger partial charge in [-0.25, -0.2) is 0 Å². The first-order valence-corrected chi connectivity index (χ1v) is 7.56. The van der Waals surface area contributed by atoms with Crippen LogP contribution in [0.25, 0.3) is 0 Å². The van der Waals surface area contributed by atoms with E-state index < -0.39 is 0 Å². The summed E-state index contributed by atoms with van der Waals surface area (Å²) in [6, 6.07) is 9.16. The van der Waals surface area contributed by atoms with E-state index in [1.165, 1.54) is 23.6 Å². The molecule has 2 N–H and O–H groups in total. The van der Waals surface area contributed by atoms with E-state index >= 15 is 0 Å². The Morgan fingerprint density at radius 3 is 3.00 bits per heavy atom. The second kappa shape index (κ2) is 5.94. The van der Waals surface area contributed by atoms with Crippen LogP contribution in [0.15, 0.2) is 28.7 Å². The Kier molecular flexibility index (Phi) is 4.55. The van der Waals surface area contributed by atoms with E-state index in [1.807, 2.05) is 11.8 Å². The first kappa shape index (κ1) is 12.3. The van der Waals surface area contributed by atoms with Crippen molar-refractivity contribution >= 4 is 33.4 Å². The first-order valence-electron chi connectivity index (χ1n) is 5.61. The van der Waals surface area contributed by atoms with E-state index in [0.29, 0.717) is 12.6 Å². The maximum Gasteiger partial charge on any atom is 0.0388 e. The van der Waals surface area contributed by atoms with E-state index in [1.54, 1.807) is 0 Å². The second-order valence-electron chi connectivity index (χ2n) is 3.98. The zero-order valence-corrected chi connectivity index (χ0v) is 11.6. The van der Waals surface area contributed by atoms with Crippen LogP contribution >= 0.6 is 27.7 Å². The van der Waals surface area contributed by atoms with Crippen LogP contribution in [0.2, 0.25) is 0 Å². The standard InChI is InChI=1S/C12H17BrN2S/c13-10-2-1-3-11(8-10)15(6-5-14)12-4-7-16-9-12/h1-3,8,12H,4-7,9,14H2. The highest BCUT2D eigenvalue weighted by molar-refractivity contribution is 9.10. The van der Waals surface area contributed by atoms with Gasteiger partial charge in [-0.05, 0) is 30.4 Å². The summed E-state index contributed by atoms with van der Waals surface area (Å²) < 4.78 is 1.14. The van der Waals surface area contributed by atoms with Gasteiger partial charge in [0.1, 0.15) is 0 Å². The number of anilines is 1. The van der Waals surface area contributed by atoms with Gasteiger partial charge in [-0.1, -0.05) is 22.0 Å². The summed E-state index contributed by atoms with van der Waals surface area (Å²) in [6.45, 7) is 1.66. The van der Waals surface area contributed by atoms with Crippen LogP contribution in [0.3, 0.4) is 0 Å². The molecule has 0 saturated carbocycles. The molecule has 2 rings (SSSR count). The minimum absolute atomic E-state index is 0.655. The average molecular weight is 301 g/mol. The number of halogens is 1. The Labute approximate surface area is 110 Å². The monoisotopic (exact) mass is 300 g/mol. The second-order valence-corrected chi connectivity index (χ2v) is 6.04. The van der Waals surface area contributed by atoms with Gasteiger partial charge in [-0.2, -0.15) is 11.8 Å². The van der Waals surface area contributed by atoms with E-state index in [4.69, 9.17) is 5.73 Å². The number of hydrogen-bond donors (Lipinski definition) is 1. The van der Waals surface area contributed by atoms with Crippen molar-refractivity contribution in [3.63, 3.8) is 0 Å². The Balaban J connectivity index is 2.17. The molecule has 0 spiro atoms. The zero-order valence-electron chi connectivity index (χ0n) is 9.23. The maximum atomic E-state index is 5.71. The molecule has 1 fully saturated rings. The molecule has 0 bridgehead atoms. The van der Waals surface area contributed by atoms with Crippen LogP contribution < -0.4 is 10.6 Å². The molecule has 1 aromatic rings. The van der Waals surface area contributed by atoms with Gasteiger partial charge in [-0.3, -0.25) is 0 Å². The van der Waals surface area contributed by atoms with Crippen LogP contribution in [0.1, 0.15) is 6.42 Å². The number of nitrogens with two attached hydrogens (primary N) is 1. The lowest BCUT2D eigenvalue weighted by molar-refractivity contribution is 0.646. The van der Waals surface area contributed by atoms with Gasteiger partial charge in [-0.15, -0.1) is 0 Å². The molecule has 0 aliphatic carbocycles. The molecule has 1 aromatic carbocycles. The van der Waals surface area contributed by atoms with Gasteiger partial charge in [0, 0.05) is 35.0 Å². The number of nitrogens with zero attached hydrogens (tertiary/aromatic N) is 1. The Morgan fingerprint density at radius 1 is 1.50 bits per heavy atom. The lowest BCUT2D eigenvalue weighted by Gasteiger charge is -2.30. The van der Waals surface area contributed by atoms with Gasteiger partial charge in [0.25, 0.3) is 0 Å². The Bertz CT molecular complexity index is 340. The van der Waals surface area contributed by atoms with E-state index in [9.17, 15) is 0 Å². The SMILES string of the molecule is NCCN(c1cccc(Br)c1)C1CCSC1. The van der Waals surface area contributed by atoms with Crippen molar-refractivity contribution in [3.05, 3.63) is 28.7 Å². The average Bonchev–Trinajstić information content (AvgIpc) is 2.79. The fourth-order valence-electron chi connectivity index (χ4n) is 2.08. The van der Waals surface area contributed by atoms with E-state index in [2.05, 4.69) is 45.1 Å². The third-order valence-corrected chi connectivity index (χ3v) is 4.49. The van der Waals surface area contributed by atoms with Crippen LogP contribution in [-0.2, 0) is 0 Å². The molecule has 0 radical (unpaired) electrons. The zero-order chi connectivity index (χ0) is 11.4. The number of thioether (sulfide) groups is 1. The van der Waals surface area contributed by atoms with Gasteiger partial charge >= 0.3 is 0 Å². The summed E-state index contributed by atoms with van der Waals surface area (Å²) in [7, 11) is 0. The largest absolute Gasteiger partial charge is 0.366 e. The van der Waals surface area contributed by atoms with Crippen LogP contribution in [0.5, 0.6) is 0 Å². The van der Waals surface area contributed by atoms with Crippen molar-refractivity contribution in [2.45, 2.75) is 12.5 Å². The molecular weight excluding hydrogens is 284 g/mol. The topological polar surface area (TPSA) is 29.3 Å². The highest BCUT2D eigenvalue weighted by atomic mass is 79.9. The first-order chi connectivity index (χ1) is 7.81. The third-order valence-electron chi connectivity index (χ3n) is 2.86. The molecule has 0 aromatic heterocycles. The van der Waals surface area contributed by atoms with Gasteiger partial charge in [0.2, 0.25) is 0 Å². The smallest absolute Gasteiger partial charge is 0.0388 e. The van der Waals surface area contributed by atoms with Gasteiger partial charge < -0.3 is 10.6 Å². The summed E-state index contributed by atoms with van der Waals surface area (Å²) >= 11 is 5.57. The molecule has 1 unspecified atom stereocenters. The molecule has 1 atom stereocenters. The number of rotatable bonds is 4. The van der Waals surface area contributed by atoms with Crippen molar-refractivity contribution in [3.8, 4) is 0 Å². The number of benzene rings is 1. The third kappa shape index (κ3) is 2.93. The summed E-state index contributed by atoms with van der Waals surface area (Å²) in [6.07, 6.45) is 1.27. The van der Waals surface area contributed by atoms with Crippen molar-refractivity contribution in [1.82, 2.24) is 0 Å². The maximum absolute atomic E-state index is 5.71. The number of hydrogen-bond acceptors (Lipinski definition) is 3. The van der Waals surface area contributed by atoms with Crippen molar-refractivity contribution in [2.24, 2.45) is 5.73 Å². The van der Waals surface area contributed by atoms with Gasteiger partial charge in [0.05, 0.1) is 0 Å². The normalized spacial score (nSPS) is 20.0. The quantitative estimate of drug-likeness (QED) is 0.927. The molecule has 88 valence electrons. The summed E-state index contributed by atoms with van der Waals surface area (Å²) in [5.41, 5.74) is 7.00. The van der Waals surface area contributed by atoms with Crippen molar-refractivity contribution < 1.29 is 0 Å². The molecular formula is C12H17BrN2S. The molecule has 1 aliphatic heterocycles. The minimum atomic E-state index is 0.655. The Morgan fingerprint density at radius 2 is 2.38 bits per heavy atom. The molecule has 0 amide bonds. The van der Waals surface area contributed by atoms with Crippen LogP contribution in [-0.4, -0.2) is 30.6 Å². The lowest BCUT2D eigenvalue weighted by atomic mass is 10.2. The molecule has 1 aliphatic rings. The summed E-state index contributed by atoms with van der Waals surface area (Å²) in [5, 5.41) is 0. The highest BCUT2D eigenvalue weighted by Gasteiger charge is 2.22. The predicted octanol–water partition coefficient (Wildman–Crippen LogP) is 2.72. The fourth-order valence-corrected chi connectivity index (χ4v) is 3.70. The van der Waals surface area contributed by atoms with Gasteiger partial charge in [0.15, 0.2) is 0 Å². The highest BCUT2D eigenvalue weighted by Crippen LogP contribution is 2.28. The van der Waals surface area contributed by atoms with E-state index in [0.717, 1.165) is 11.0 Å². The lowest BCUT2D eigenvalue weighted by Crippen LogP contribution is -2.39. The molecule has 4 heteroatoms. The summed E-state index contributed by atoms with van der Waals surface area (Å²) in [5.74, 6) is 2.51. The molecule has 1 heterocycles. The Hall–Kier alpha value is -0.190. The fraction of sp³-hybridized carbons (Fsp3) is 0.500. The predicted molar refractivity (Wildman–Crippen MR) is 76.3 cm³/mol. The molecule has 1 saturated heterocycles. The van der Waals surface area contributed by atoms with Crippen LogP contribution in [0, 0.1) is 0 Å². The van der Waals surface area contributed by atoms with Crippen molar-refractivity contribution in [1.29, 1.82) is 0 Å². The van der Waals surface area contributed by atoms with Crippen molar-refractivity contribution in [2.75, 3.05) is 29.5 Å².